The number of ether oxygens (including phenoxy) is 1. The van der Waals surface area contributed by atoms with Crippen molar-refractivity contribution >= 4 is 28.5 Å². The molecule has 1 amide bonds. The van der Waals surface area contributed by atoms with Gasteiger partial charge in [-0.1, -0.05) is 11.6 Å². The number of aryl methyl sites for hydroxylation is 1. The molecule has 0 saturated carbocycles. The summed E-state index contributed by atoms with van der Waals surface area (Å²) in [7, 11) is 0. The van der Waals surface area contributed by atoms with E-state index >= 15 is 0 Å². The second kappa shape index (κ2) is 7.68. The first-order chi connectivity index (χ1) is 12.4. The number of halogens is 1. The number of likely N-dealkylation sites (tertiary alicyclic amines) is 1. The van der Waals surface area contributed by atoms with Gasteiger partial charge in [-0.05, 0) is 44.7 Å². The monoisotopic (exact) mass is 379 g/mol. The van der Waals surface area contributed by atoms with Crippen LogP contribution < -0.4 is 10.4 Å². The van der Waals surface area contributed by atoms with Gasteiger partial charge in [-0.25, -0.2) is 4.79 Å². The summed E-state index contributed by atoms with van der Waals surface area (Å²) in [5, 5.41) is 10.5. The first-order valence-corrected chi connectivity index (χ1v) is 9.07. The third-order valence-electron chi connectivity index (χ3n) is 5.02. The van der Waals surface area contributed by atoms with Crippen molar-refractivity contribution in [3.63, 3.8) is 0 Å². The van der Waals surface area contributed by atoms with Gasteiger partial charge in [0.25, 0.3) is 5.91 Å². The number of nitrogens with zero attached hydrogens (tertiary/aromatic N) is 1. The number of hydrogen-bond acceptors (Lipinski definition) is 5. The molecule has 0 spiro atoms. The molecule has 1 N–H and O–H groups in total. The highest BCUT2D eigenvalue weighted by Crippen LogP contribution is 2.32. The zero-order chi connectivity index (χ0) is 18.8. The van der Waals surface area contributed by atoms with Gasteiger partial charge in [0, 0.05) is 23.6 Å². The first-order valence-electron chi connectivity index (χ1n) is 8.69. The van der Waals surface area contributed by atoms with Crippen molar-refractivity contribution in [3.8, 4) is 5.75 Å². The Balaban J connectivity index is 1.80. The predicted octanol–water partition coefficient (Wildman–Crippen LogP) is 2.82. The quantitative estimate of drug-likeness (QED) is 0.826. The van der Waals surface area contributed by atoms with E-state index in [0.717, 1.165) is 30.2 Å². The normalized spacial score (nSPS) is 17.5. The van der Waals surface area contributed by atoms with E-state index in [9.17, 15) is 14.7 Å². The Morgan fingerprint density at radius 1 is 1.35 bits per heavy atom. The maximum absolute atomic E-state index is 12.4. The zero-order valence-electron chi connectivity index (χ0n) is 14.9. The molecule has 1 aromatic heterocycles. The van der Waals surface area contributed by atoms with Crippen molar-refractivity contribution in [1.82, 2.24) is 4.90 Å². The van der Waals surface area contributed by atoms with Crippen molar-refractivity contribution in [3.05, 3.63) is 38.7 Å². The van der Waals surface area contributed by atoms with Crippen molar-refractivity contribution < 1.29 is 19.1 Å². The topological polar surface area (TPSA) is 80.0 Å². The van der Waals surface area contributed by atoms with Crippen molar-refractivity contribution in [2.75, 3.05) is 19.8 Å². The molecular formula is C19H22ClNO5. The van der Waals surface area contributed by atoms with Gasteiger partial charge >= 0.3 is 5.63 Å². The molecule has 1 saturated heterocycles. The lowest BCUT2D eigenvalue weighted by Gasteiger charge is -2.34. The Kier molecular flexibility index (Phi) is 5.53. The Morgan fingerprint density at radius 2 is 2.12 bits per heavy atom. The highest BCUT2D eigenvalue weighted by atomic mass is 35.5. The molecule has 140 valence electrons. The largest absolute Gasteiger partial charge is 0.482 e. The second-order valence-electron chi connectivity index (χ2n) is 6.63. The van der Waals surface area contributed by atoms with Crippen LogP contribution in [0.25, 0.3) is 11.0 Å². The summed E-state index contributed by atoms with van der Waals surface area (Å²) in [4.78, 5) is 26.0. The number of benzene rings is 1. The minimum absolute atomic E-state index is 0.0493. The molecule has 1 fully saturated rings. The van der Waals surface area contributed by atoms with Crippen molar-refractivity contribution in [2.24, 2.45) is 0 Å². The van der Waals surface area contributed by atoms with Crippen LogP contribution in [-0.2, 0) is 4.79 Å². The van der Waals surface area contributed by atoms with Crippen molar-refractivity contribution in [1.29, 1.82) is 0 Å². The van der Waals surface area contributed by atoms with E-state index in [2.05, 4.69) is 0 Å². The average molecular weight is 380 g/mol. The summed E-state index contributed by atoms with van der Waals surface area (Å²) in [6, 6.07) is 3.06. The van der Waals surface area contributed by atoms with E-state index in [1.807, 2.05) is 6.92 Å². The lowest BCUT2D eigenvalue weighted by atomic mass is 10.0. The van der Waals surface area contributed by atoms with Gasteiger partial charge in [0.2, 0.25) is 0 Å². The zero-order valence-corrected chi connectivity index (χ0v) is 15.6. The third-order valence-corrected chi connectivity index (χ3v) is 5.31. The molecule has 0 bridgehead atoms. The predicted molar refractivity (Wildman–Crippen MR) is 98.9 cm³/mol. The van der Waals surface area contributed by atoms with Gasteiger partial charge < -0.3 is 19.2 Å². The number of carbonyl (C=O) groups excluding carboxylic acids is 1. The number of piperidine rings is 1. The van der Waals surface area contributed by atoms with Crippen LogP contribution in [0, 0.1) is 13.8 Å². The molecule has 1 atom stereocenters. The summed E-state index contributed by atoms with van der Waals surface area (Å²) in [6.07, 6.45) is 2.72. The number of carbonyl (C=O) groups is 1. The highest BCUT2D eigenvalue weighted by molar-refractivity contribution is 6.32. The fourth-order valence-electron chi connectivity index (χ4n) is 3.30. The van der Waals surface area contributed by atoms with Crippen LogP contribution in [0.5, 0.6) is 5.75 Å². The molecule has 2 aromatic rings. The summed E-state index contributed by atoms with van der Waals surface area (Å²) < 4.78 is 10.9. The molecule has 3 rings (SSSR count). The van der Waals surface area contributed by atoms with E-state index in [1.165, 1.54) is 0 Å². The van der Waals surface area contributed by atoms with E-state index in [0.29, 0.717) is 22.7 Å². The molecule has 2 heterocycles. The summed E-state index contributed by atoms with van der Waals surface area (Å²) in [5.41, 5.74) is 1.31. The Morgan fingerprint density at radius 3 is 2.85 bits per heavy atom. The average Bonchev–Trinajstić information content (AvgIpc) is 2.65. The molecule has 1 aromatic carbocycles. The summed E-state index contributed by atoms with van der Waals surface area (Å²) in [6.45, 7) is 3.92. The molecular weight excluding hydrogens is 358 g/mol. The van der Waals surface area contributed by atoms with Crippen LogP contribution in [-0.4, -0.2) is 41.7 Å². The smallest absolute Gasteiger partial charge is 0.339 e. The SMILES string of the molecule is Cc1c(C)c2cc(Cl)c(OCC(=O)N3CCCCC3CO)cc2oc1=O. The minimum Gasteiger partial charge on any atom is -0.482 e. The van der Waals surface area contributed by atoms with E-state index in [-0.39, 0.29) is 30.9 Å². The van der Waals surface area contributed by atoms with E-state index in [1.54, 1.807) is 24.0 Å². The first kappa shape index (κ1) is 18.7. The maximum atomic E-state index is 12.4. The molecule has 6 nitrogen and oxygen atoms in total. The van der Waals surface area contributed by atoms with E-state index in [4.69, 9.17) is 20.8 Å². The second-order valence-corrected chi connectivity index (χ2v) is 7.03. The lowest BCUT2D eigenvalue weighted by molar-refractivity contribution is -0.138. The molecule has 1 aliphatic rings. The Hall–Kier alpha value is -2.05. The van der Waals surface area contributed by atoms with Gasteiger partial charge in [-0.3, -0.25) is 4.79 Å². The van der Waals surface area contributed by atoms with Crippen LogP contribution in [0.15, 0.2) is 21.3 Å². The molecule has 0 aliphatic carbocycles. The number of amides is 1. The maximum Gasteiger partial charge on any atom is 0.339 e. The third kappa shape index (κ3) is 3.57. The van der Waals surface area contributed by atoms with Gasteiger partial charge in [-0.15, -0.1) is 0 Å². The van der Waals surface area contributed by atoms with Gasteiger partial charge in [0.05, 0.1) is 17.7 Å². The van der Waals surface area contributed by atoms with Gasteiger partial charge in [0.15, 0.2) is 6.61 Å². The summed E-state index contributed by atoms with van der Waals surface area (Å²) >= 11 is 6.28. The minimum atomic E-state index is -0.404. The van der Waals surface area contributed by atoms with E-state index < -0.39 is 5.63 Å². The summed E-state index contributed by atoms with van der Waals surface area (Å²) in [5.74, 6) is 0.0953. The van der Waals surface area contributed by atoms with Crippen LogP contribution in [0.1, 0.15) is 30.4 Å². The lowest BCUT2D eigenvalue weighted by Crippen LogP contribution is -2.47. The molecule has 0 radical (unpaired) electrons. The van der Waals surface area contributed by atoms with Gasteiger partial charge in [0.1, 0.15) is 11.3 Å². The molecule has 26 heavy (non-hydrogen) atoms. The Labute approximate surface area is 156 Å². The number of hydrogen-bond donors (Lipinski definition) is 1. The van der Waals surface area contributed by atoms with Crippen LogP contribution in [0.2, 0.25) is 5.02 Å². The number of aliphatic hydroxyl groups is 1. The Bertz CT molecular complexity index is 892. The fourth-order valence-corrected chi connectivity index (χ4v) is 3.51. The fraction of sp³-hybridized carbons (Fsp3) is 0.474. The number of fused-ring (bicyclic) bond motifs is 1. The van der Waals surface area contributed by atoms with Gasteiger partial charge in [-0.2, -0.15) is 0 Å². The van der Waals surface area contributed by atoms with Crippen LogP contribution >= 0.6 is 11.6 Å². The van der Waals surface area contributed by atoms with Crippen molar-refractivity contribution in [2.45, 2.75) is 39.2 Å². The molecule has 7 heteroatoms. The number of aliphatic hydroxyl groups excluding tert-OH is 1. The van der Waals surface area contributed by atoms with Crippen LogP contribution in [0.4, 0.5) is 0 Å². The number of rotatable bonds is 4. The standard InChI is InChI=1S/C19H22ClNO5/c1-11-12(2)19(24)26-16-8-17(15(20)7-14(11)16)25-10-18(23)21-6-4-3-5-13(21)9-22/h7-8,13,22H,3-6,9-10H2,1-2H3. The molecule has 1 unspecified atom stereocenters. The van der Waals surface area contributed by atoms with Crippen LogP contribution in [0.3, 0.4) is 0 Å². The highest BCUT2D eigenvalue weighted by Gasteiger charge is 2.26. The molecule has 1 aliphatic heterocycles.